The zero-order valence-corrected chi connectivity index (χ0v) is 6.86. The number of carbonyl (C=O) groups excluding carboxylic acids is 1. The quantitative estimate of drug-likeness (QED) is 0.502. The Bertz CT molecular complexity index is 272. The average Bonchev–Trinajstić information content (AvgIpc) is 2.15. The highest BCUT2D eigenvalue weighted by Gasteiger charge is 1.88. The van der Waals surface area contributed by atoms with Crippen molar-refractivity contribution in [3.8, 4) is 0 Å². The van der Waals surface area contributed by atoms with Gasteiger partial charge >= 0.3 is 0 Å². The smallest absolute Gasteiger partial charge is 0.150 e. The zero-order valence-electron chi connectivity index (χ0n) is 6.86. The third-order valence-electron chi connectivity index (χ3n) is 1.47. The van der Waals surface area contributed by atoms with Gasteiger partial charge < -0.3 is 4.74 Å². The number of aldehydes is 1. The lowest BCUT2D eigenvalue weighted by Gasteiger charge is -1.93. The van der Waals surface area contributed by atoms with Gasteiger partial charge in [0.2, 0.25) is 0 Å². The fourth-order valence-electron chi connectivity index (χ4n) is 0.832. The Morgan fingerprint density at radius 2 is 1.75 bits per heavy atom. The van der Waals surface area contributed by atoms with Crippen molar-refractivity contribution in [3.05, 3.63) is 41.7 Å². The second kappa shape index (κ2) is 4.34. The van der Waals surface area contributed by atoms with E-state index in [1.165, 1.54) is 0 Å². The minimum atomic E-state index is 0.685. The topological polar surface area (TPSA) is 26.3 Å². The largest absolute Gasteiger partial charge is 0.504 e. The van der Waals surface area contributed by atoms with E-state index in [0.29, 0.717) is 5.56 Å². The normalized spacial score (nSPS) is 10.1. The van der Waals surface area contributed by atoms with Crippen molar-refractivity contribution in [1.82, 2.24) is 0 Å². The number of hydrogen-bond donors (Lipinski definition) is 0. The fraction of sp³-hybridized carbons (Fsp3) is 0.100. The minimum Gasteiger partial charge on any atom is -0.504 e. The molecule has 0 saturated carbocycles. The Kier molecular flexibility index (Phi) is 3.08. The van der Waals surface area contributed by atoms with E-state index in [1.54, 1.807) is 25.5 Å². The lowest BCUT2D eigenvalue weighted by molar-refractivity contribution is 0.112. The molecule has 2 heteroatoms. The first-order valence-electron chi connectivity index (χ1n) is 3.61. The van der Waals surface area contributed by atoms with Crippen LogP contribution in [-0.2, 0) is 4.74 Å². The third-order valence-corrected chi connectivity index (χ3v) is 1.47. The van der Waals surface area contributed by atoms with E-state index in [9.17, 15) is 4.79 Å². The lowest BCUT2D eigenvalue weighted by Crippen LogP contribution is -1.78. The Morgan fingerprint density at radius 1 is 1.17 bits per heavy atom. The maximum absolute atomic E-state index is 10.3. The first-order chi connectivity index (χ1) is 5.86. The summed E-state index contributed by atoms with van der Waals surface area (Å²) in [6.45, 7) is 0. The molecule has 0 atom stereocenters. The van der Waals surface area contributed by atoms with E-state index in [1.807, 2.05) is 18.2 Å². The summed E-state index contributed by atoms with van der Waals surface area (Å²) in [5, 5.41) is 0. The number of methoxy groups -OCH3 is 1. The van der Waals surface area contributed by atoms with E-state index in [2.05, 4.69) is 0 Å². The van der Waals surface area contributed by atoms with Crippen molar-refractivity contribution in [3.63, 3.8) is 0 Å². The second-order valence-corrected chi connectivity index (χ2v) is 2.32. The molecule has 1 rings (SSSR count). The minimum absolute atomic E-state index is 0.685. The predicted octanol–water partition coefficient (Wildman–Crippen LogP) is 2.12. The molecule has 0 spiro atoms. The summed E-state index contributed by atoms with van der Waals surface area (Å²) in [5.41, 5.74) is 1.70. The molecule has 0 amide bonds. The summed E-state index contributed by atoms with van der Waals surface area (Å²) in [4.78, 5) is 10.3. The van der Waals surface area contributed by atoms with Crippen molar-refractivity contribution < 1.29 is 9.53 Å². The number of hydrogen-bond acceptors (Lipinski definition) is 2. The maximum atomic E-state index is 10.3. The molecule has 0 aromatic heterocycles. The van der Waals surface area contributed by atoms with Crippen molar-refractivity contribution >= 4 is 12.4 Å². The van der Waals surface area contributed by atoms with Crippen molar-refractivity contribution in [2.45, 2.75) is 0 Å². The van der Waals surface area contributed by atoms with Crippen LogP contribution in [0.4, 0.5) is 0 Å². The molecule has 1 aromatic carbocycles. The Hall–Kier alpha value is -1.57. The van der Waals surface area contributed by atoms with Gasteiger partial charge in [0.15, 0.2) is 0 Å². The van der Waals surface area contributed by atoms with E-state index in [4.69, 9.17) is 4.74 Å². The Morgan fingerprint density at radius 3 is 2.25 bits per heavy atom. The van der Waals surface area contributed by atoms with Gasteiger partial charge in [-0.05, 0) is 11.6 Å². The monoisotopic (exact) mass is 162 g/mol. The molecule has 0 unspecified atom stereocenters. The van der Waals surface area contributed by atoms with Gasteiger partial charge in [0.1, 0.15) is 6.29 Å². The molecule has 0 heterocycles. The SMILES string of the molecule is CO/C=C/c1ccc(C=O)cc1. The number of benzene rings is 1. The maximum Gasteiger partial charge on any atom is 0.150 e. The van der Waals surface area contributed by atoms with Crippen LogP contribution < -0.4 is 0 Å². The molecular formula is C10H10O2. The zero-order chi connectivity index (χ0) is 8.81. The van der Waals surface area contributed by atoms with Gasteiger partial charge in [-0.3, -0.25) is 4.79 Å². The Labute approximate surface area is 71.5 Å². The van der Waals surface area contributed by atoms with E-state index in [-0.39, 0.29) is 0 Å². The summed E-state index contributed by atoms with van der Waals surface area (Å²) in [6, 6.07) is 7.25. The molecule has 1 aromatic rings. The van der Waals surface area contributed by atoms with Gasteiger partial charge in [-0.25, -0.2) is 0 Å². The molecule has 0 aliphatic carbocycles. The number of ether oxygens (including phenoxy) is 1. The highest BCUT2D eigenvalue weighted by atomic mass is 16.5. The highest BCUT2D eigenvalue weighted by Crippen LogP contribution is 2.04. The molecule has 0 fully saturated rings. The highest BCUT2D eigenvalue weighted by molar-refractivity contribution is 5.75. The van der Waals surface area contributed by atoms with Gasteiger partial charge in [0.25, 0.3) is 0 Å². The predicted molar refractivity (Wildman–Crippen MR) is 47.9 cm³/mol. The van der Waals surface area contributed by atoms with Gasteiger partial charge in [0.05, 0.1) is 13.4 Å². The molecule has 12 heavy (non-hydrogen) atoms. The molecule has 0 aliphatic heterocycles. The molecule has 2 nitrogen and oxygen atoms in total. The van der Waals surface area contributed by atoms with E-state index < -0.39 is 0 Å². The lowest BCUT2D eigenvalue weighted by atomic mass is 10.1. The van der Waals surface area contributed by atoms with Crippen LogP contribution in [-0.4, -0.2) is 13.4 Å². The summed E-state index contributed by atoms with van der Waals surface area (Å²) in [6.07, 6.45) is 4.24. The number of carbonyl (C=O) groups is 1. The summed E-state index contributed by atoms with van der Waals surface area (Å²) in [5.74, 6) is 0. The molecule has 0 bridgehead atoms. The van der Waals surface area contributed by atoms with Crippen LogP contribution in [0.3, 0.4) is 0 Å². The van der Waals surface area contributed by atoms with E-state index >= 15 is 0 Å². The van der Waals surface area contributed by atoms with Crippen molar-refractivity contribution in [1.29, 1.82) is 0 Å². The summed E-state index contributed by atoms with van der Waals surface area (Å²) in [7, 11) is 1.59. The van der Waals surface area contributed by atoms with Crippen molar-refractivity contribution in [2.75, 3.05) is 7.11 Å². The van der Waals surface area contributed by atoms with Crippen LogP contribution in [0, 0.1) is 0 Å². The molecule has 0 N–H and O–H groups in total. The molecule has 0 radical (unpaired) electrons. The van der Waals surface area contributed by atoms with Crippen molar-refractivity contribution in [2.24, 2.45) is 0 Å². The standard InChI is InChI=1S/C10H10O2/c1-12-7-6-9-2-4-10(8-11)5-3-9/h2-8H,1H3/b7-6+. The molecular weight excluding hydrogens is 152 g/mol. The third kappa shape index (κ3) is 2.23. The van der Waals surface area contributed by atoms with Gasteiger partial charge in [0, 0.05) is 5.56 Å². The molecule has 0 aliphatic rings. The van der Waals surface area contributed by atoms with Crippen LogP contribution >= 0.6 is 0 Å². The van der Waals surface area contributed by atoms with Crippen LogP contribution in [0.5, 0.6) is 0 Å². The number of rotatable bonds is 3. The van der Waals surface area contributed by atoms with Gasteiger partial charge in [-0.1, -0.05) is 24.3 Å². The summed E-state index contributed by atoms with van der Waals surface area (Å²) < 4.78 is 4.75. The summed E-state index contributed by atoms with van der Waals surface area (Å²) >= 11 is 0. The van der Waals surface area contributed by atoms with Gasteiger partial charge in [-0.15, -0.1) is 0 Å². The fourth-order valence-corrected chi connectivity index (χ4v) is 0.832. The Balaban J connectivity index is 2.77. The van der Waals surface area contributed by atoms with Crippen LogP contribution in [0.1, 0.15) is 15.9 Å². The van der Waals surface area contributed by atoms with Crippen LogP contribution in [0.2, 0.25) is 0 Å². The van der Waals surface area contributed by atoms with Gasteiger partial charge in [-0.2, -0.15) is 0 Å². The molecule has 62 valence electrons. The molecule has 0 saturated heterocycles. The average molecular weight is 162 g/mol. The first-order valence-corrected chi connectivity index (χ1v) is 3.61. The second-order valence-electron chi connectivity index (χ2n) is 2.32. The van der Waals surface area contributed by atoms with Crippen LogP contribution in [0.15, 0.2) is 30.5 Å². The van der Waals surface area contributed by atoms with E-state index in [0.717, 1.165) is 11.8 Å². The first kappa shape index (κ1) is 8.53. The van der Waals surface area contributed by atoms with Crippen LogP contribution in [0.25, 0.3) is 6.08 Å².